The Kier molecular flexibility index (Phi) is 3.68. The molecule has 0 amide bonds. The quantitative estimate of drug-likeness (QED) is 0.836. The van der Waals surface area contributed by atoms with Crippen LogP contribution in [-0.4, -0.2) is 23.4 Å². The van der Waals surface area contributed by atoms with Crippen LogP contribution in [-0.2, 0) is 9.31 Å². The Bertz CT molecular complexity index is 545. The molecule has 2 rings (SSSR count). The third-order valence-electron chi connectivity index (χ3n) is 4.17. The molecule has 1 N–H and O–H groups in total. The molecule has 1 saturated heterocycles. The van der Waals surface area contributed by atoms with Crippen molar-refractivity contribution in [3.8, 4) is 6.07 Å². The minimum Gasteiger partial charge on any atom is -0.399 e. The second kappa shape index (κ2) is 4.89. The maximum Gasteiger partial charge on any atom is 0.495 e. The number of hydrogen-bond acceptors (Lipinski definition) is 4. The minimum atomic E-state index is -0.683. The predicted octanol–water partition coefficient (Wildman–Crippen LogP) is 1.91. The van der Waals surface area contributed by atoms with Crippen LogP contribution in [0.1, 0.15) is 51.8 Å². The number of hydrogen-bond donors (Lipinski definition) is 1. The molecule has 0 bridgehead atoms. The molecule has 1 unspecified atom stereocenters. The summed E-state index contributed by atoms with van der Waals surface area (Å²) in [5.41, 5.74) is 1.10. The first-order chi connectivity index (χ1) is 9.18. The van der Waals surface area contributed by atoms with E-state index in [-0.39, 0.29) is 0 Å². The molecule has 20 heavy (non-hydrogen) atoms. The van der Waals surface area contributed by atoms with Gasteiger partial charge in [-0.25, -0.2) is 0 Å². The highest BCUT2D eigenvalue weighted by Crippen LogP contribution is 2.37. The zero-order chi connectivity index (χ0) is 15.1. The van der Waals surface area contributed by atoms with Crippen molar-refractivity contribution >= 4 is 12.6 Å². The summed E-state index contributed by atoms with van der Waals surface area (Å²) in [4.78, 5) is 0. The number of nitriles is 1. The Morgan fingerprint density at radius 2 is 1.75 bits per heavy atom. The maximum absolute atomic E-state index is 9.92. The average molecular weight is 273 g/mol. The molecular weight excluding hydrogens is 253 g/mol. The van der Waals surface area contributed by atoms with E-state index in [0.29, 0.717) is 11.1 Å². The molecule has 0 aromatic heterocycles. The lowest BCUT2D eigenvalue weighted by atomic mass is 9.74. The van der Waals surface area contributed by atoms with Gasteiger partial charge in [-0.2, -0.15) is 5.26 Å². The van der Waals surface area contributed by atoms with E-state index < -0.39 is 24.4 Å². The zero-order valence-corrected chi connectivity index (χ0v) is 12.6. The highest BCUT2D eigenvalue weighted by atomic mass is 16.7. The van der Waals surface area contributed by atoms with E-state index in [0.717, 1.165) is 5.46 Å². The molecule has 0 saturated carbocycles. The van der Waals surface area contributed by atoms with Crippen LogP contribution in [0, 0.1) is 11.3 Å². The molecule has 4 nitrogen and oxygen atoms in total. The van der Waals surface area contributed by atoms with E-state index in [1.807, 2.05) is 27.7 Å². The summed E-state index contributed by atoms with van der Waals surface area (Å²) in [5, 5.41) is 18.9. The SMILES string of the molecule is CC(O)c1cc(C#N)ccc1B1OC(C)(C)C(C)(C)O1. The molecule has 106 valence electrons. The topological polar surface area (TPSA) is 62.5 Å². The molecule has 5 heteroatoms. The monoisotopic (exact) mass is 273 g/mol. The summed E-state index contributed by atoms with van der Waals surface area (Å²) in [6.07, 6.45) is -0.683. The highest BCUT2D eigenvalue weighted by Gasteiger charge is 2.52. The van der Waals surface area contributed by atoms with Crippen LogP contribution in [0.5, 0.6) is 0 Å². The average Bonchev–Trinajstić information content (AvgIpc) is 2.57. The molecule has 1 aromatic carbocycles. The molecule has 0 spiro atoms. The normalized spacial score (nSPS) is 21.6. The Balaban J connectivity index is 2.43. The summed E-state index contributed by atoms with van der Waals surface area (Å²) in [6, 6.07) is 7.27. The van der Waals surface area contributed by atoms with Crippen molar-refractivity contribution in [3.63, 3.8) is 0 Å². The molecule has 0 aliphatic carbocycles. The fourth-order valence-corrected chi connectivity index (χ4v) is 2.19. The third-order valence-corrected chi connectivity index (χ3v) is 4.17. The Labute approximate surface area is 120 Å². The highest BCUT2D eigenvalue weighted by molar-refractivity contribution is 6.62. The minimum absolute atomic E-state index is 0.429. The largest absolute Gasteiger partial charge is 0.495 e. The zero-order valence-electron chi connectivity index (χ0n) is 12.6. The maximum atomic E-state index is 9.92. The first-order valence-corrected chi connectivity index (χ1v) is 6.75. The van der Waals surface area contributed by atoms with Gasteiger partial charge < -0.3 is 14.4 Å². The van der Waals surface area contributed by atoms with Crippen LogP contribution in [0.2, 0.25) is 0 Å². The van der Waals surface area contributed by atoms with E-state index >= 15 is 0 Å². The van der Waals surface area contributed by atoms with Crippen molar-refractivity contribution in [1.82, 2.24) is 0 Å². The van der Waals surface area contributed by atoms with Gasteiger partial charge in [-0.3, -0.25) is 0 Å². The van der Waals surface area contributed by atoms with Crippen molar-refractivity contribution in [2.24, 2.45) is 0 Å². The smallest absolute Gasteiger partial charge is 0.399 e. The van der Waals surface area contributed by atoms with Gasteiger partial charge in [-0.05, 0) is 57.8 Å². The van der Waals surface area contributed by atoms with Gasteiger partial charge >= 0.3 is 7.12 Å². The van der Waals surface area contributed by atoms with E-state index in [4.69, 9.17) is 14.6 Å². The van der Waals surface area contributed by atoms with Crippen LogP contribution in [0.25, 0.3) is 0 Å². The van der Waals surface area contributed by atoms with Gasteiger partial charge in [0.05, 0.1) is 28.9 Å². The number of aliphatic hydroxyl groups excluding tert-OH is 1. The number of aliphatic hydroxyl groups is 1. The first kappa shape index (κ1) is 15.1. The predicted molar refractivity (Wildman–Crippen MR) is 77.5 cm³/mol. The molecule has 1 atom stereocenters. The van der Waals surface area contributed by atoms with Gasteiger partial charge in [0.2, 0.25) is 0 Å². The summed E-state index contributed by atoms with van der Waals surface area (Å²) < 4.78 is 12.0. The van der Waals surface area contributed by atoms with Gasteiger partial charge in [0.1, 0.15) is 0 Å². The summed E-state index contributed by atoms with van der Waals surface area (Å²) in [6.45, 7) is 9.61. The van der Waals surface area contributed by atoms with E-state index in [2.05, 4.69) is 6.07 Å². The molecule has 1 aliphatic heterocycles. The lowest BCUT2D eigenvalue weighted by Crippen LogP contribution is -2.41. The Morgan fingerprint density at radius 3 is 2.20 bits per heavy atom. The fraction of sp³-hybridized carbons (Fsp3) is 0.533. The van der Waals surface area contributed by atoms with E-state index in [9.17, 15) is 5.11 Å². The standard InChI is InChI=1S/C15H20BNO3/c1-10(18)12-8-11(9-17)6-7-13(12)16-19-14(2,3)15(4,5)20-16/h6-8,10,18H,1-5H3. The summed E-state index contributed by atoms with van der Waals surface area (Å²) in [7, 11) is -0.530. The van der Waals surface area contributed by atoms with Crippen molar-refractivity contribution in [1.29, 1.82) is 5.26 Å². The molecule has 0 radical (unpaired) electrons. The summed E-state index contributed by atoms with van der Waals surface area (Å²) >= 11 is 0. The summed E-state index contributed by atoms with van der Waals surface area (Å²) in [5.74, 6) is 0. The number of nitrogens with zero attached hydrogens (tertiary/aromatic N) is 1. The second-order valence-electron chi connectivity index (χ2n) is 6.22. The number of benzene rings is 1. The Morgan fingerprint density at radius 1 is 1.20 bits per heavy atom. The molecule has 1 fully saturated rings. The lowest BCUT2D eigenvalue weighted by Gasteiger charge is -2.32. The van der Waals surface area contributed by atoms with Gasteiger partial charge in [0.25, 0.3) is 0 Å². The van der Waals surface area contributed by atoms with Crippen molar-refractivity contribution in [2.45, 2.75) is 51.9 Å². The van der Waals surface area contributed by atoms with Gasteiger partial charge in [0.15, 0.2) is 0 Å². The van der Waals surface area contributed by atoms with Crippen LogP contribution in [0.4, 0.5) is 0 Å². The number of rotatable bonds is 2. The third kappa shape index (κ3) is 2.47. The fourth-order valence-electron chi connectivity index (χ4n) is 2.19. The molecule has 1 aliphatic rings. The first-order valence-electron chi connectivity index (χ1n) is 6.75. The van der Waals surface area contributed by atoms with E-state index in [1.165, 1.54) is 0 Å². The van der Waals surface area contributed by atoms with Crippen molar-refractivity contribution < 1.29 is 14.4 Å². The van der Waals surface area contributed by atoms with Crippen LogP contribution in [0.3, 0.4) is 0 Å². The van der Waals surface area contributed by atoms with Crippen LogP contribution < -0.4 is 5.46 Å². The van der Waals surface area contributed by atoms with Crippen LogP contribution >= 0.6 is 0 Å². The van der Waals surface area contributed by atoms with Crippen molar-refractivity contribution in [2.75, 3.05) is 0 Å². The van der Waals surface area contributed by atoms with Crippen molar-refractivity contribution in [3.05, 3.63) is 29.3 Å². The van der Waals surface area contributed by atoms with Gasteiger partial charge in [0, 0.05) is 0 Å². The molecule has 1 aromatic rings. The Hall–Kier alpha value is -1.35. The lowest BCUT2D eigenvalue weighted by molar-refractivity contribution is 0.00578. The van der Waals surface area contributed by atoms with Gasteiger partial charge in [-0.15, -0.1) is 0 Å². The van der Waals surface area contributed by atoms with E-state index in [1.54, 1.807) is 25.1 Å². The van der Waals surface area contributed by atoms with Crippen LogP contribution in [0.15, 0.2) is 18.2 Å². The van der Waals surface area contributed by atoms with Gasteiger partial charge in [-0.1, -0.05) is 6.07 Å². The second-order valence-corrected chi connectivity index (χ2v) is 6.22. The molecule has 1 heterocycles. The molecular formula is C15H20BNO3.